The fraction of sp³-hybridized carbons (Fsp3) is 0.600. The Morgan fingerprint density at radius 1 is 1.64 bits per heavy atom. The zero-order chi connectivity index (χ0) is 8.69. The predicted molar refractivity (Wildman–Crippen MR) is 48.1 cm³/mol. The fourth-order valence-corrected chi connectivity index (χ4v) is 0.886. The number of allylic oxidation sites excluding steroid dienone is 1. The van der Waals surface area contributed by atoms with Gasteiger partial charge in [-0.2, -0.15) is 0 Å². The topological polar surface area (TPSA) is 20.2 Å². The first-order valence-corrected chi connectivity index (χ1v) is 4.09. The van der Waals surface area contributed by atoms with Gasteiger partial charge >= 0.3 is 0 Å². The highest BCUT2D eigenvalue weighted by atomic mass is 16.3. The molecule has 1 heteroatoms. The smallest absolute Gasteiger partial charge is 0.135 e. The van der Waals surface area contributed by atoms with Crippen molar-refractivity contribution in [1.82, 2.24) is 0 Å². The molecule has 0 saturated carbocycles. The summed E-state index contributed by atoms with van der Waals surface area (Å²) in [5.74, 6) is 2.31. The molecular formula is C10H16O. The van der Waals surface area contributed by atoms with Crippen LogP contribution in [0.3, 0.4) is 0 Å². The quantitative estimate of drug-likeness (QED) is 0.483. The summed E-state index contributed by atoms with van der Waals surface area (Å²) in [5.41, 5.74) is 0.967. The minimum Gasteiger partial charge on any atom is -0.376 e. The van der Waals surface area contributed by atoms with Crippen molar-refractivity contribution < 1.29 is 5.11 Å². The third-order valence-corrected chi connectivity index (χ3v) is 1.61. The number of aliphatic hydroxyl groups is 1. The van der Waals surface area contributed by atoms with E-state index in [-0.39, 0.29) is 0 Å². The van der Waals surface area contributed by atoms with Gasteiger partial charge in [-0.05, 0) is 18.4 Å². The van der Waals surface area contributed by atoms with E-state index in [1.807, 2.05) is 13.0 Å². The molecule has 0 rings (SSSR count). The Labute approximate surface area is 69.1 Å². The van der Waals surface area contributed by atoms with Gasteiger partial charge in [0, 0.05) is 0 Å². The lowest BCUT2D eigenvalue weighted by molar-refractivity contribution is 0.264. The third kappa shape index (κ3) is 3.85. The molecular weight excluding hydrogens is 136 g/mol. The second-order valence-electron chi connectivity index (χ2n) is 2.49. The van der Waals surface area contributed by atoms with E-state index in [9.17, 15) is 5.11 Å². The largest absolute Gasteiger partial charge is 0.376 e. The molecule has 1 nitrogen and oxygen atoms in total. The molecule has 0 bridgehead atoms. The first kappa shape index (κ1) is 10.3. The summed E-state index contributed by atoms with van der Waals surface area (Å²) in [7, 11) is 0. The number of unbranched alkanes of at least 4 members (excludes halogenated alkanes) is 1. The highest BCUT2D eigenvalue weighted by Gasteiger charge is 2.02. The molecule has 0 aromatic heterocycles. The van der Waals surface area contributed by atoms with Crippen LogP contribution in [-0.2, 0) is 0 Å². The minimum absolute atomic E-state index is 0.674. The van der Waals surface area contributed by atoms with Crippen LogP contribution in [0.4, 0.5) is 0 Å². The second-order valence-corrected chi connectivity index (χ2v) is 2.49. The van der Waals surface area contributed by atoms with Gasteiger partial charge in [-0.1, -0.05) is 32.3 Å². The zero-order valence-corrected chi connectivity index (χ0v) is 7.30. The van der Waals surface area contributed by atoms with Crippen LogP contribution in [0.15, 0.2) is 11.6 Å². The van der Waals surface area contributed by atoms with Gasteiger partial charge in [-0.15, -0.1) is 6.42 Å². The van der Waals surface area contributed by atoms with E-state index >= 15 is 0 Å². The number of rotatable bonds is 4. The lowest BCUT2D eigenvalue weighted by Gasteiger charge is -2.05. The van der Waals surface area contributed by atoms with Crippen LogP contribution in [0.5, 0.6) is 0 Å². The minimum atomic E-state index is -0.674. The van der Waals surface area contributed by atoms with Gasteiger partial charge < -0.3 is 5.11 Å². The van der Waals surface area contributed by atoms with E-state index in [4.69, 9.17) is 6.42 Å². The van der Waals surface area contributed by atoms with Crippen LogP contribution < -0.4 is 0 Å². The second kappa shape index (κ2) is 6.00. The molecule has 11 heavy (non-hydrogen) atoms. The van der Waals surface area contributed by atoms with Crippen LogP contribution in [0.2, 0.25) is 0 Å². The predicted octanol–water partition coefficient (Wildman–Crippen LogP) is 2.12. The molecule has 0 aromatic carbocycles. The summed E-state index contributed by atoms with van der Waals surface area (Å²) in [6, 6.07) is 0. The van der Waals surface area contributed by atoms with Crippen molar-refractivity contribution in [3.8, 4) is 12.3 Å². The fourth-order valence-electron chi connectivity index (χ4n) is 0.886. The van der Waals surface area contributed by atoms with Crippen molar-refractivity contribution in [1.29, 1.82) is 0 Å². The van der Waals surface area contributed by atoms with Gasteiger partial charge in [0.15, 0.2) is 0 Å². The van der Waals surface area contributed by atoms with E-state index in [0.717, 1.165) is 24.8 Å². The highest BCUT2D eigenvalue weighted by molar-refractivity contribution is 5.18. The first-order chi connectivity index (χ1) is 5.26. The maximum absolute atomic E-state index is 9.24. The highest BCUT2D eigenvalue weighted by Crippen LogP contribution is 2.08. The van der Waals surface area contributed by atoms with Crippen molar-refractivity contribution >= 4 is 0 Å². The molecule has 0 spiro atoms. The molecule has 0 radical (unpaired) electrons. The lowest BCUT2D eigenvalue weighted by Crippen LogP contribution is -2.05. The van der Waals surface area contributed by atoms with E-state index in [1.165, 1.54) is 0 Å². The molecule has 0 amide bonds. The molecule has 1 unspecified atom stereocenters. The van der Waals surface area contributed by atoms with Crippen molar-refractivity contribution in [2.75, 3.05) is 0 Å². The van der Waals surface area contributed by atoms with Crippen molar-refractivity contribution in [2.45, 2.75) is 39.2 Å². The molecule has 0 aliphatic rings. The molecule has 0 aliphatic carbocycles. The van der Waals surface area contributed by atoms with Crippen LogP contribution in [0.1, 0.15) is 33.1 Å². The van der Waals surface area contributed by atoms with Crippen molar-refractivity contribution in [3.05, 3.63) is 11.6 Å². The summed E-state index contributed by atoms with van der Waals surface area (Å²) >= 11 is 0. The summed E-state index contributed by atoms with van der Waals surface area (Å²) in [5, 5.41) is 9.24. The molecule has 1 atom stereocenters. The summed E-state index contributed by atoms with van der Waals surface area (Å²) in [6.45, 7) is 4.11. The van der Waals surface area contributed by atoms with Crippen LogP contribution in [0.25, 0.3) is 0 Å². The Balaban J connectivity index is 4.05. The van der Waals surface area contributed by atoms with Crippen molar-refractivity contribution in [3.63, 3.8) is 0 Å². The number of hydrogen-bond donors (Lipinski definition) is 1. The van der Waals surface area contributed by atoms with Gasteiger partial charge in [-0.3, -0.25) is 0 Å². The Hall–Kier alpha value is -0.740. The molecule has 0 aromatic rings. The lowest BCUT2D eigenvalue weighted by atomic mass is 10.1. The summed E-state index contributed by atoms with van der Waals surface area (Å²) < 4.78 is 0. The normalized spacial score (nSPS) is 14.2. The zero-order valence-electron chi connectivity index (χ0n) is 7.30. The molecule has 0 fully saturated rings. The maximum Gasteiger partial charge on any atom is 0.135 e. The van der Waals surface area contributed by atoms with Crippen LogP contribution in [-0.4, -0.2) is 11.2 Å². The van der Waals surface area contributed by atoms with E-state index in [0.29, 0.717) is 0 Å². The maximum atomic E-state index is 9.24. The number of aliphatic hydroxyl groups excluding tert-OH is 1. The van der Waals surface area contributed by atoms with Crippen LogP contribution >= 0.6 is 0 Å². The molecule has 62 valence electrons. The van der Waals surface area contributed by atoms with Crippen LogP contribution in [0, 0.1) is 12.3 Å². The first-order valence-electron chi connectivity index (χ1n) is 4.09. The Bertz CT molecular complexity index is 162. The molecule has 0 heterocycles. The average Bonchev–Trinajstić information content (AvgIpc) is 2.05. The standard InChI is InChI=1S/C10H16O/c1-4-7-8-9(5-2)10(11)6-3/h3,8,10-11H,4-5,7H2,1-2H3. The molecule has 0 aliphatic heterocycles. The Morgan fingerprint density at radius 3 is 2.64 bits per heavy atom. The van der Waals surface area contributed by atoms with Gasteiger partial charge in [-0.25, -0.2) is 0 Å². The van der Waals surface area contributed by atoms with E-state index in [1.54, 1.807) is 0 Å². The third-order valence-electron chi connectivity index (χ3n) is 1.61. The van der Waals surface area contributed by atoms with E-state index in [2.05, 4.69) is 12.8 Å². The molecule has 1 N–H and O–H groups in total. The number of terminal acetylenes is 1. The van der Waals surface area contributed by atoms with Gasteiger partial charge in [0.2, 0.25) is 0 Å². The Kier molecular flexibility index (Phi) is 5.60. The van der Waals surface area contributed by atoms with Gasteiger partial charge in [0.25, 0.3) is 0 Å². The summed E-state index contributed by atoms with van der Waals surface area (Å²) in [6.07, 6.45) is 9.38. The van der Waals surface area contributed by atoms with Crippen molar-refractivity contribution in [2.24, 2.45) is 0 Å². The van der Waals surface area contributed by atoms with E-state index < -0.39 is 6.10 Å². The van der Waals surface area contributed by atoms with Gasteiger partial charge in [0.1, 0.15) is 6.10 Å². The monoisotopic (exact) mass is 152 g/mol. The summed E-state index contributed by atoms with van der Waals surface area (Å²) in [4.78, 5) is 0. The average molecular weight is 152 g/mol. The van der Waals surface area contributed by atoms with Gasteiger partial charge in [0.05, 0.1) is 0 Å². The number of hydrogen-bond acceptors (Lipinski definition) is 1. The Morgan fingerprint density at radius 2 is 2.27 bits per heavy atom. The SMILES string of the molecule is C#CC(O)C(=CCCC)CC. The molecule has 0 saturated heterocycles.